The van der Waals surface area contributed by atoms with Crippen molar-refractivity contribution in [3.05, 3.63) is 0 Å². The van der Waals surface area contributed by atoms with E-state index in [2.05, 4.69) is 37.9 Å². The molecule has 0 aromatic carbocycles. The maximum absolute atomic E-state index is 3.89. The van der Waals surface area contributed by atoms with Crippen LogP contribution in [0.4, 0.5) is 0 Å². The highest BCUT2D eigenvalue weighted by molar-refractivity contribution is 4.95. The largest absolute Gasteiger partial charge is 0.313 e. The molecular formula is C18H36N2. The van der Waals surface area contributed by atoms with Crippen LogP contribution in [-0.2, 0) is 0 Å². The van der Waals surface area contributed by atoms with Crippen LogP contribution in [0.25, 0.3) is 0 Å². The quantitative estimate of drug-likeness (QED) is 0.789. The lowest BCUT2D eigenvalue weighted by molar-refractivity contribution is 0.0746. The van der Waals surface area contributed by atoms with Gasteiger partial charge in [-0.25, -0.2) is 0 Å². The highest BCUT2D eigenvalue weighted by atomic mass is 15.2. The first-order valence-electron chi connectivity index (χ1n) is 9.06. The van der Waals surface area contributed by atoms with Gasteiger partial charge >= 0.3 is 0 Å². The average molecular weight is 280 g/mol. The van der Waals surface area contributed by atoms with Crippen LogP contribution >= 0.6 is 0 Å². The first-order valence-corrected chi connectivity index (χ1v) is 9.06. The number of hydrogen-bond donors (Lipinski definition) is 1. The van der Waals surface area contributed by atoms with Gasteiger partial charge in [-0.3, -0.25) is 0 Å². The zero-order valence-corrected chi connectivity index (χ0v) is 14.3. The van der Waals surface area contributed by atoms with E-state index in [1.54, 1.807) is 0 Å². The summed E-state index contributed by atoms with van der Waals surface area (Å²) in [7, 11) is 0. The second-order valence-corrected chi connectivity index (χ2v) is 7.77. The predicted molar refractivity (Wildman–Crippen MR) is 88.1 cm³/mol. The second-order valence-electron chi connectivity index (χ2n) is 7.77. The summed E-state index contributed by atoms with van der Waals surface area (Å²) in [4.78, 5) is 2.80. The molecule has 2 heteroatoms. The predicted octanol–water partition coefficient (Wildman–Crippen LogP) is 4.06. The molecular weight excluding hydrogens is 244 g/mol. The first-order chi connectivity index (χ1) is 9.58. The van der Waals surface area contributed by atoms with Crippen molar-refractivity contribution in [2.24, 2.45) is 11.3 Å². The summed E-state index contributed by atoms with van der Waals surface area (Å²) < 4.78 is 0. The van der Waals surface area contributed by atoms with E-state index in [0.29, 0.717) is 11.5 Å². The van der Waals surface area contributed by atoms with E-state index in [4.69, 9.17) is 0 Å². The summed E-state index contributed by atoms with van der Waals surface area (Å²) >= 11 is 0. The molecule has 0 aromatic heterocycles. The monoisotopic (exact) mass is 280 g/mol. The van der Waals surface area contributed by atoms with Crippen molar-refractivity contribution in [2.45, 2.75) is 84.7 Å². The Hall–Kier alpha value is -0.0800. The Bertz CT molecular complexity index is 287. The van der Waals surface area contributed by atoms with E-state index >= 15 is 0 Å². The Balaban J connectivity index is 1.99. The molecule has 1 aliphatic carbocycles. The lowest BCUT2D eigenvalue weighted by Crippen LogP contribution is -2.53. The number of hydrogen-bond acceptors (Lipinski definition) is 2. The maximum atomic E-state index is 3.89. The summed E-state index contributed by atoms with van der Waals surface area (Å²) in [5, 5.41) is 3.89. The van der Waals surface area contributed by atoms with Gasteiger partial charge in [-0.1, -0.05) is 34.1 Å². The Labute approximate surface area is 126 Å². The highest BCUT2D eigenvalue weighted by Crippen LogP contribution is 2.40. The first kappa shape index (κ1) is 16.3. The fourth-order valence-electron chi connectivity index (χ4n) is 4.62. The molecule has 1 heterocycles. The van der Waals surface area contributed by atoms with E-state index in [-0.39, 0.29) is 0 Å². The van der Waals surface area contributed by atoms with Gasteiger partial charge in [0.05, 0.1) is 0 Å². The summed E-state index contributed by atoms with van der Waals surface area (Å²) in [6.07, 6.45) is 9.68. The normalized spacial score (nSPS) is 34.5. The molecule has 0 bridgehead atoms. The fraction of sp³-hybridized carbons (Fsp3) is 1.00. The van der Waals surface area contributed by atoms with Crippen molar-refractivity contribution in [1.29, 1.82) is 0 Å². The Morgan fingerprint density at radius 3 is 2.65 bits per heavy atom. The van der Waals surface area contributed by atoms with Crippen molar-refractivity contribution < 1.29 is 0 Å². The van der Waals surface area contributed by atoms with E-state index in [1.165, 1.54) is 64.6 Å². The third-order valence-corrected chi connectivity index (χ3v) is 5.76. The van der Waals surface area contributed by atoms with Crippen molar-refractivity contribution in [3.63, 3.8) is 0 Å². The van der Waals surface area contributed by atoms with Gasteiger partial charge in [-0.15, -0.1) is 0 Å². The number of rotatable bonds is 6. The van der Waals surface area contributed by atoms with Crippen LogP contribution in [0.15, 0.2) is 0 Å². The van der Waals surface area contributed by atoms with Crippen LogP contribution < -0.4 is 5.32 Å². The van der Waals surface area contributed by atoms with E-state index in [1.807, 2.05) is 0 Å². The molecule has 1 saturated carbocycles. The third-order valence-electron chi connectivity index (χ3n) is 5.76. The summed E-state index contributed by atoms with van der Waals surface area (Å²) in [5.41, 5.74) is 0.472. The highest BCUT2D eigenvalue weighted by Gasteiger charge is 2.40. The molecule has 0 spiro atoms. The number of nitrogens with one attached hydrogen (secondary N) is 1. The van der Waals surface area contributed by atoms with Crippen LogP contribution in [-0.4, -0.2) is 36.6 Å². The van der Waals surface area contributed by atoms with Crippen molar-refractivity contribution in [3.8, 4) is 0 Å². The van der Waals surface area contributed by atoms with E-state index < -0.39 is 0 Å². The molecule has 0 amide bonds. The fourth-order valence-corrected chi connectivity index (χ4v) is 4.62. The minimum atomic E-state index is 0.472. The standard InChI is InChI=1S/C18H36N2/c1-5-12-19-17-15(9-7-11-18(17,3)4)14-20-13-8-10-16(20)6-2/h15-17,19H,5-14H2,1-4H3. The summed E-state index contributed by atoms with van der Waals surface area (Å²) in [6.45, 7) is 13.5. The Morgan fingerprint density at radius 2 is 1.95 bits per heavy atom. The lowest BCUT2D eigenvalue weighted by atomic mass is 9.67. The summed E-state index contributed by atoms with van der Waals surface area (Å²) in [5.74, 6) is 0.859. The van der Waals surface area contributed by atoms with Gasteiger partial charge in [0.15, 0.2) is 0 Å². The molecule has 1 N–H and O–H groups in total. The molecule has 2 nitrogen and oxygen atoms in total. The van der Waals surface area contributed by atoms with E-state index in [9.17, 15) is 0 Å². The molecule has 2 aliphatic rings. The zero-order valence-electron chi connectivity index (χ0n) is 14.3. The van der Waals surface area contributed by atoms with Crippen LogP contribution in [0.2, 0.25) is 0 Å². The maximum Gasteiger partial charge on any atom is 0.0159 e. The molecule has 3 unspecified atom stereocenters. The SMILES string of the molecule is CCCNC1C(CN2CCCC2CC)CCCC1(C)C. The van der Waals surface area contributed by atoms with Crippen LogP contribution in [0.1, 0.15) is 72.6 Å². The molecule has 1 aliphatic heterocycles. The van der Waals surface area contributed by atoms with Gasteiger partial charge in [0.2, 0.25) is 0 Å². The second kappa shape index (κ2) is 7.26. The molecule has 2 rings (SSSR count). The van der Waals surface area contributed by atoms with Gasteiger partial charge in [0.25, 0.3) is 0 Å². The van der Waals surface area contributed by atoms with Gasteiger partial charge in [0, 0.05) is 18.6 Å². The van der Waals surface area contributed by atoms with Crippen molar-refractivity contribution >= 4 is 0 Å². The topological polar surface area (TPSA) is 15.3 Å². The molecule has 0 aromatic rings. The molecule has 0 radical (unpaired) electrons. The number of likely N-dealkylation sites (tertiary alicyclic amines) is 1. The Morgan fingerprint density at radius 1 is 1.15 bits per heavy atom. The van der Waals surface area contributed by atoms with Crippen LogP contribution in [0.3, 0.4) is 0 Å². The van der Waals surface area contributed by atoms with Crippen LogP contribution in [0, 0.1) is 11.3 Å². The van der Waals surface area contributed by atoms with Gasteiger partial charge in [-0.2, -0.15) is 0 Å². The minimum absolute atomic E-state index is 0.472. The minimum Gasteiger partial charge on any atom is -0.313 e. The number of nitrogens with zero attached hydrogens (tertiary/aromatic N) is 1. The molecule has 2 fully saturated rings. The van der Waals surface area contributed by atoms with Crippen molar-refractivity contribution in [2.75, 3.05) is 19.6 Å². The third kappa shape index (κ3) is 3.76. The van der Waals surface area contributed by atoms with Gasteiger partial charge < -0.3 is 10.2 Å². The van der Waals surface area contributed by atoms with Crippen LogP contribution in [0.5, 0.6) is 0 Å². The summed E-state index contributed by atoms with van der Waals surface area (Å²) in [6, 6.07) is 1.58. The Kier molecular flexibility index (Phi) is 5.92. The smallest absolute Gasteiger partial charge is 0.0159 e. The molecule has 20 heavy (non-hydrogen) atoms. The average Bonchev–Trinajstić information content (AvgIpc) is 2.84. The molecule has 3 atom stereocenters. The van der Waals surface area contributed by atoms with Gasteiger partial charge in [-0.05, 0) is 62.9 Å². The van der Waals surface area contributed by atoms with Crippen molar-refractivity contribution in [1.82, 2.24) is 10.2 Å². The molecule has 118 valence electrons. The van der Waals surface area contributed by atoms with Gasteiger partial charge in [0.1, 0.15) is 0 Å². The lowest BCUT2D eigenvalue weighted by Gasteiger charge is -2.46. The van der Waals surface area contributed by atoms with E-state index in [0.717, 1.165) is 12.0 Å². The zero-order chi connectivity index (χ0) is 14.6. The molecule has 1 saturated heterocycles.